The fourth-order valence-corrected chi connectivity index (χ4v) is 3.46. The Morgan fingerprint density at radius 2 is 1.81 bits per heavy atom. The van der Waals surface area contributed by atoms with Crippen LogP contribution in [-0.4, -0.2) is 30.5 Å². The maximum Gasteiger partial charge on any atom is 0.257 e. The first-order valence-electron chi connectivity index (χ1n) is 9.81. The standard InChI is InChI=1S/C23H25N3O4S/c1-14(2)12-30-20-10-7-17(11-21(20)29-4)22(28)26-23-25-19(13-31-23)16-5-8-18(9-6-16)24-15(3)27/h5-11,13-14H,12H2,1-4H3,(H,24,27)(H,25,26,28). The number of anilines is 2. The summed E-state index contributed by atoms with van der Waals surface area (Å²) < 4.78 is 11.1. The zero-order valence-electron chi connectivity index (χ0n) is 17.9. The molecule has 0 aliphatic rings. The van der Waals surface area contributed by atoms with Crippen LogP contribution in [0, 0.1) is 5.92 Å². The minimum absolute atomic E-state index is 0.123. The number of hydrogen-bond acceptors (Lipinski definition) is 6. The van der Waals surface area contributed by atoms with Gasteiger partial charge in [-0.2, -0.15) is 0 Å². The number of nitrogens with one attached hydrogen (secondary N) is 2. The van der Waals surface area contributed by atoms with Gasteiger partial charge < -0.3 is 14.8 Å². The van der Waals surface area contributed by atoms with Crippen molar-refractivity contribution in [2.24, 2.45) is 5.92 Å². The lowest BCUT2D eigenvalue weighted by molar-refractivity contribution is -0.114. The van der Waals surface area contributed by atoms with Gasteiger partial charge in [0.2, 0.25) is 5.91 Å². The van der Waals surface area contributed by atoms with Crippen molar-refractivity contribution in [1.29, 1.82) is 0 Å². The zero-order chi connectivity index (χ0) is 22.4. The van der Waals surface area contributed by atoms with Crippen molar-refractivity contribution in [3.63, 3.8) is 0 Å². The number of aromatic nitrogens is 1. The highest BCUT2D eigenvalue weighted by atomic mass is 32.1. The molecule has 7 nitrogen and oxygen atoms in total. The second kappa shape index (κ2) is 10.1. The molecule has 0 aliphatic heterocycles. The predicted molar refractivity (Wildman–Crippen MR) is 123 cm³/mol. The molecule has 0 atom stereocenters. The summed E-state index contributed by atoms with van der Waals surface area (Å²) in [6, 6.07) is 12.4. The van der Waals surface area contributed by atoms with Crippen LogP contribution >= 0.6 is 11.3 Å². The van der Waals surface area contributed by atoms with Gasteiger partial charge >= 0.3 is 0 Å². The van der Waals surface area contributed by atoms with Gasteiger partial charge in [0, 0.05) is 29.1 Å². The van der Waals surface area contributed by atoms with Gasteiger partial charge in [-0.1, -0.05) is 26.0 Å². The minimum Gasteiger partial charge on any atom is -0.493 e. The number of benzene rings is 2. The number of thiazole rings is 1. The second-order valence-electron chi connectivity index (χ2n) is 7.32. The quantitative estimate of drug-likeness (QED) is 0.512. The number of ether oxygens (including phenoxy) is 2. The fraction of sp³-hybridized carbons (Fsp3) is 0.261. The topological polar surface area (TPSA) is 89.5 Å². The van der Waals surface area contributed by atoms with Gasteiger partial charge in [-0.3, -0.25) is 14.9 Å². The Kier molecular flexibility index (Phi) is 7.25. The van der Waals surface area contributed by atoms with Crippen molar-refractivity contribution < 1.29 is 19.1 Å². The normalized spacial score (nSPS) is 10.6. The second-order valence-corrected chi connectivity index (χ2v) is 8.18. The highest BCUT2D eigenvalue weighted by Gasteiger charge is 2.14. The molecule has 1 heterocycles. The Bertz CT molecular complexity index is 1060. The maximum absolute atomic E-state index is 12.7. The summed E-state index contributed by atoms with van der Waals surface area (Å²) in [7, 11) is 1.55. The van der Waals surface area contributed by atoms with E-state index >= 15 is 0 Å². The monoisotopic (exact) mass is 439 g/mol. The van der Waals surface area contributed by atoms with Gasteiger partial charge in [-0.25, -0.2) is 4.98 Å². The third-order valence-corrected chi connectivity index (χ3v) is 4.98. The Balaban J connectivity index is 1.68. The van der Waals surface area contributed by atoms with Crippen molar-refractivity contribution in [2.75, 3.05) is 24.4 Å². The van der Waals surface area contributed by atoms with Gasteiger partial charge in [0.25, 0.3) is 5.91 Å². The molecule has 0 bridgehead atoms. The van der Waals surface area contributed by atoms with E-state index in [-0.39, 0.29) is 11.8 Å². The van der Waals surface area contributed by atoms with E-state index in [9.17, 15) is 9.59 Å². The molecule has 0 unspecified atom stereocenters. The average molecular weight is 440 g/mol. The third-order valence-electron chi connectivity index (χ3n) is 4.22. The highest BCUT2D eigenvalue weighted by molar-refractivity contribution is 7.14. The van der Waals surface area contributed by atoms with E-state index < -0.39 is 0 Å². The number of rotatable bonds is 8. The van der Waals surface area contributed by atoms with Gasteiger partial charge in [0.05, 0.1) is 19.4 Å². The number of carbonyl (C=O) groups is 2. The van der Waals surface area contributed by atoms with Crippen LogP contribution in [-0.2, 0) is 4.79 Å². The van der Waals surface area contributed by atoms with Crippen LogP contribution in [0.2, 0.25) is 0 Å². The molecule has 2 N–H and O–H groups in total. The van der Waals surface area contributed by atoms with Crippen LogP contribution in [0.5, 0.6) is 11.5 Å². The molecule has 0 radical (unpaired) electrons. The van der Waals surface area contributed by atoms with Crippen molar-refractivity contribution in [1.82, 2.24) is 4.98 Å². The number of hydrogen-bond donors (Lipinski definition) is 2. The Morgan fingerprint density at radius 3 is 2.45 bits per heavy atom. The van der Waals surface area contributed by atoms with Crippen LogP contribution in [0.1, 0.15) is 31.1 Å². The van der Waals surface area contributed by atoms with Crippen molar-refractivity contribution in [2.45, 2.75) is 20.8 Å². The number of nitrogens with zero attached hydrogens (tertiary/aromatic N) is 1. The predicted octanol–water partition coefficient (Wildman–Crippen LogP) is 5.06. The van der Waals surface area contributed by atoms with Crippen molar-refractivity contribution in [3.8, 4) is 22.8 Å². The molecule has 0 saturated carbocycles. The molecule has 2 amide bonds. The minimum atomic E-state index is -0.282. The first-order valence-corrected chi connectivity index (χ1v) is 10.7. The number of carbonyl (C=O) groups excluding carboxylic acids is 2. The number of amides is 2. The summed E-state index contributed by atoms with van der Waals surface area (Å²) in [5.74, 6) is 1.09. The molecule has 0 spiro atoms. The van der Waals surface area contributed by atoms with Crippen LogP contribution < -0.4 is 20.1 Å². The van der Waals surface area contributed by atoms with E-state index in [1.165, 1.54) is 18.3 Å². The Morgan fingerprint density at radius 1 is 1.06 bits per heavy atom. The van der Waals surface area contributed by atoms with E-state index in [2.05, 4.69) is 29.5 Å². The van der Waals surface area contributed by atoms with Crippen LogP contribution in [0.25, 0.3) is 11.3 Å². The average Bonchev–Trinajstić information content (AvgIpc) is 3.20. The van der Waals surface area contributed by atoms with Gasteiger partial charge in [0.15, 0.2) is 16.6 Å². The SMILES string of the molecule is COc1cc(C(=O)Nc2nc(-c3ccc(NC(C)=O)cc3)cs2)ccc1OCC(C)C. The summed E-state index contributed by atoms with van der Waals surface area (Å²) in [5, 5.41) is 7.91. The summed E-state index contributed by atoms with van der Waals surface area (Å²) in [6.45, 7) is 6.16. The van der Waals surface area contributed by atoms with Gasteiger partial charge in [-0.15, -0.1) is 11.3 Å². The van der Waals surface area contributed by atoms with Gasteiger partial charge in [-0.05, 0) is 36.2 Å². The molecule has 0 fully saturated rings. The molecule has 3 aromatic rings. The number of methoxy groups -OCH3 is 1. The Labute approximate surface area is 185 Å². The summed E-state index contributed by atoms with van der Waals surface area (Å²) in [6.07, 6.45) is 0. The first-order chi connectivity index (χ1) is 14.9. The van der Waals surface area contributed by atoms with E-state index in [4.69, 9.17) is 9.47 Å². The molecule has 2 aromatic carbocycles. The lowest BCUT2D eigenvalue weighted by Gasteiger charge is -2.13. The molecule has 162 valence electrons. The van der Waals surface area contributed by atoms with E-state index in [0.29, 0.717) is 34.7 Å². The molecule has 3 rings (SSSR count). The van der Waals surface area contributed by atoms with E-state index in [1.54, 1.807) is 25.3 Å². The first kappa shape index (κ1) is 22.3. The molecule has 8 heteroatoms. The van der Waals surface area contributed by atoms with Crippen molar-refractivity contribution in [3.05, 3.63) is 53.4 Å². The maximum atomic E-state index is 12.7. The van der Waals surface area contributed by atoms with E-state index in [1.807, 2.05) is 29.6 Å². The molecule has 0 aliphatic carbocycles. The third kappa shape index (κ3) is 6.05. The zero-order valence-corrected chi connectivity index (χ0v) is 18.7. The molecule has 1 aromatic heterocycles. The molecular formula is C23H25N3O4S. The smallest absolute Gasteiger partial charge is 0.257 e. The Hall–Kier alpha value is -3.39. The molecule has 0 saturated heterocycles. The lowest BCUT2D eigenvalue weighted by Crippen LogP contribution is -2.12. The summed E-state index contributed by atoms with van der Waals surface area (Å²) in [4.78, 5) is 28.3. The van der Waals surface area contributed by atoms with Crippen LogP contribution in [0.4, 0.5) is 10.8 Å². The lowest BCUT2D eigenvalue weighted by atomic mass is 10.1. The molecule has 31 heavy (non-hydrogen) atoms. The van der Waals surface area contributed by atoms with Crippen LogP contribution in [0.3, 0.4) is 0 Å². The highest BCUT2D eigenvalue weighted by Crippen LogP contribution is 2.30. The van der Waals surface area contributed by atoms with Crippen LogP contribution in [0.15, 0.2) is 47.8 Å². The summed E-state index contributed by atoms with van der Waals surface area (Å²) in [5.41, 5.74) is 2.80. The molecular weight excluding hydrogens is 414 g/mol. The fourth-order valence-electron chi connectivity index (χ4n) is 2.75. The van der Waals surface area contributed by atoms with Gasteiger partial charge in [0.1, 0.15) is 0 Å². The van der Waals surface area contributed by atoms with E-state index in [0.717, 1.165) is 16.9 Å². The summed E-state index contributed by atoms with van der Waals surface area (Å²) >= 11 is 1.34. The van der Waals surface area contributed by atoms with Crippen molar-refractivity contribution >= 4 is 34.0 Å². The largest absolute Gasteiger partial charge is 0.493 e.